The van der Waals surface area contributed by atoms with Crippen molar-refractivity contribution in [3.63, 3.8) is 0 Å². The standard InChI is InChI=1S/C15H19N3OS.ClH/c16-15-17-10-14(20-15)11-18-8-6-13(7-9-18)19-12-4-2-1-3-5-12;/h1-5,10,13H,6-9,11H2,(H2,16,17);1H. The third-order valence-electron chi connectivity index (χ3n) is 3.53. The third-order valence-corrected chi connectivity index (χ3v) is 4.34. The van der Waals surface area contributed by atoms with E-state index in [4.69, 9.17) is 10.5 Å². The van der Waals surface area contributed by atoms with E-state index >= 15 is 0 Å². The normalized spacial score (nSPS) is 16.4. The van der Waals surface area contributed by atoms with Gasteiger partial charge in [-0.3, -0.25) is 4.90 Å². The van der Waals surface area contributed by atoms with Gasteiger partial charge in [0.15, 0.2) is 5.13 Å². The minimum Gasteiger partial charge on any atom is -0.490 e. The number of benzene rings is 1. The average Bonchev–Trinajstić information content (AvgIpc) is 2.88. The number of nitrogens with two attached hydrogens (primary N) is 1. The molecule has 0 spiro atoms. The van der Waals surface area contributed by atoms with Crippen molar-refractivity contribution >= 4 is 28.9 Å². The minimum atomic E-state index is 0. The largest absolute Gasteiger partial charge is 0.490 e. The second kappa shape index (κ2) is 7.64. The molecule has 2 N–H and O–H groups in total. The van der Waals surface area contributed by atoms with Crippen LogP contribution in [0.1, 0.15) is 17.7 Å². The van der Waals surface area contributed by atoms with Gasteiger partial charge in [-0.05, 0) is 25.0 Å². The van der Waals surface area contributed by atoms with Crippen LogP contribution >= 0.6 is 23.7 Å². The van der Waals surface area contributed by atoms with Gasteiger partial charge in [-0.2, -0.15) is 0 Å². The summed E-state index contributed by atoms with van der Waals surface area (Å²) in [6.45, 7) is 3.08. The van der Waals surface area contributed by atoms with Crippen molar-refractivity contribution in [3.8, 4) is 5.75 Å². The number of aromatic nitrogens is 1. The summed E-state index contributed by atoms with van der Waals surface area (Å²) in [5.41, 5.74) is 5.66. The fourth-order valence-electron chi connectivity index (χ4n) is 2.49. The van der Waals surface area contributed by atoms with E-state index in [-0.39, 0.29) is 12.4 Å². The Balaban J connectivity index is 0.00000161. The van der Waals surface area contributed by atoms with Crippen LogP contribution in [0, 0.1) is 0 Å². The molecule has 1 saturated heterocycles. The zero-order valence-corrected chi connectivity index (χ0v) is 13.4. The van der Waals surface area contributed by atoms with Crippen LogP contribution in [0.2, 0.25) is 0 Å². The van der Waals surface area contributed by atoms with Crippen LogP contribution in [-0.4, -0.2) is 29.1 Å². The molecule has 1 fully saturated rings. The molecule has 21 heavy (non-hydrogen) atoms. The maximum atomic E-state index is 6.00. The van der Waals surface area contributed by atoms with E-state index in [1.165, 1.54) is 4.88 Å². The molecule has 0 radical (unpaired) electrons. The first-order valence-electron chi connectivity index (χ1n) is 6.94. The number of nitrogens with zero attached hydrogens (tertiary/aromatic N) is 2. The maximum Gasteiger partial charge on any atom is 0.180 e. The first-order valence-corrected chi connectivity index (χ1v) is 7.75. The minimum absolute atomic E-state index is 0. The Kier molecular flexibility index (Phi) is 5.85. The van der Waals surface area contributed by atoms with E-state index in [9.17, 15) is 0 Å². The summed E-state index contributed by atoms with van der Waals surface area (Å²) in [6.07, 6.45) is 4.36. The highest BCUT2D eigenvalue weighted by molar-refractivity contribution is 7.15. The number of piperidine rings is 1. The summed E-state index contributed by atoms with van der Waals surface area (Å²) in [5, 5.41) is 0.655. The molecule has 114 valence electrons. The molecule has 1 aliphatic rings. The van der Waals surface area contributed by atoms with E-state index in [1.807, 2.05) is 36.5 Å². The van der Waals surface area contributed by atoms with Gasteiger partial charge in [-0.15, -0.1) is 23.7 Å². The van der Waals surface area contributed by atoms with Crippen LogP contribution in [0.3, 0.4) is 0 Å². The highest BCUT2D eigenvalue weighted by Crippen LogP contribution is 2.22. The van der Waals surface area contributed by atoms with Crippen LogP contribution in [0.4, 0.5) is 5.13 Å². The fraction of sp³-hybridized carbons (Fsp3) is 0.400. The van der Waals surface area contributed by atoms with Crippen LogP contribution < -0.4 is 10.5 Å². The van der Waals surface area contributed by atoms with E-state index < -0.39 is 0 Å². The molecule has 0 aliphatic carbocycles. The van der Waals surface area contributed by atoms with Crippen LogP contribution in [0.15, 0.2) is 36.5 Å². The van der Waals surface area contributed by atoms with Gasteiger partial charge < -0.3 is 10.5 Å². The lowest BCUT2D eigenvalue weighted by atomic mass is 10.1. The summed E-state index contributed by atoms with van der Waals surface area (Å²) < 4.78 is 6.00. The van der Waals surface area contributed by atoms with Crippen molar-refractivity contribution in [3.05, 3.63) is 41.4 Å². The SMILES string of the molecule is Cl.Nc1ncc(CN2CCC(Oc3ccccc3)CC2)s1. The van der Waals surface area contributed by atoms with Crippen LogP contribution in [0.5, 0.6) is 5.75 Å². The molecule has 2 aromatic rings. The first-order chi connectivity index (χ1) is 9.79. The average molecular weight is 326 g/mol. The van der Waals surface area contributed by atoms with E-state index in [1.54, 1.807) is 11.3 Å². The van der Waals surface area contributed by atoms with Crippen molar-refractivity contribution in [1.82, 2.24) is 9.88 Å². The van der Waals surface area contributed by atoms with Crippen LogP contribution in [-0.2, 0) is 6.54 Å². The van der Waals surface area contributed by atoms with Crippen molar-refractivity contribution in [2.45, 2.75) is 25.5 Å². The number of hydrogen-bond donors (Lipinski definition) is 1. The Bertz CT molecular complexity index is 541. The summed E-state index contributed by atoms with van der Waals surface area (Å²) in [4.78, 5) is 7.78. The highest BCUT2D eigenvalue weighted by atomic mass is 35.5. The van der Waals surface area contributed by atoms with Gasteiger partial charge in [0.05, 0.1) is 0 Å². The molecule has 1 aliphatic heterocycles. The van der Waals surface area contributed by atoms with E-state index in [0.29, 0.717) is 11.2 Å². The molecule has 0 atom stereocenters. The number of likely N-dealkylation sites (tertiary alicyclic amines) is 1. The lowest BCUT2D eigenvalue weighted by Gasteiger charge is -2.31. The van der Waals surface area contributed by atoms with Gasteiger partial charge in [-0.25, -0.2) is 4.98 Å². The maximum absolute atomic E-state index is 6.00. The topological polar surface area (TPSA) is 51.4 Å². The van der Waals surface area contributed by atoms with E-state index in [2.05, 4.69) is 9.88 Å². The molecule has 0 unspecified atom stereocenters. The second-order valence-corrected chi connectivity index (χ2v) is 6.22. The Morgan fingerprint density at radius 2 is 1.95 bits per heavy atom. The Hall–Kier alpha value is -1.30. The molecule has 1 aromatic heterocycles. The fourth-order valence-corrected chi connectivity index (χ4v) is 3.22. The number of para-hydroxylation sites is 1. The second-order valence-electron chi connectivity index (χ2n) is 5.07. The molecule has 2 heterocycles. The molecule has 4 nitrogen and oxygen atoms in total. The molecular formula is C15H20ClN3OS. The molecule has 0 amide bonds. The van der Waals surface area contributed by atoms with Crippen molar-refractivity contribution in [1.29, 1.82) is 0 Å². The zero-order chi connectivity index (χ0) is 13.8. The van der Waals surface area contributed by atoms with Gasteiger partial charge in [0.25, 0.3) is 0 Å². The molecule has 1 aromatic carbocycles. The summed E-state index contributed by atoms with van der Waals surface area (Å²) in [5.74, 6) is 0.973. The zero-order valence-electron chi connectivity index (χ0n) is 11.8. The first kappa shape index (κ1) is 16.1. The number of anilines is 1. The quantitative estimate of drug-likeness (QED) is 0.938. The lowest BCUT2D eigenvalue weighted by Crippen LogP contribution is -2.37. The van der Waals surface area contributed by atoms with Gasteiger partial charge >= 0.3 is 0 Å². The van der Waals surface area contributed by atoms with Crippen LogP contribution in [0.25, 0.3) is 0 Å². The summed E-state index contributed by atoms with van der Waals surface area (Å²) in [7, 11) is 0. The van der Waals surface area contributed by atoms with Crippen molar-refractivity contribution in [2.24, 2.45) is 0 Å². The summed E-state index contributed by atoms with van der Waals surface area (Å²) >= 11 is 1.58. The monoisotopic (exact) mass is 325 g/mol. The number of thiazole rings is 1. The Labute approximate surface area is 135 Å². The number of hydrogen-bond acceptors (Lipinski definition) is 5. The third kappa shape index (κ3) is 4.59. The highest BCUT2D eigenvalue weighted by Gasteiger charge is 2.20. The van der Waals surface area contributed by atoms with Gasteiger partial charge in [0, 0.05) is 30.7 Å². The Morgan fingerprint density at radius 3 is 2.57 bits per heavy atom. The number of rotatable bonds is 4. The predicted molar refractivity (Wildman–Crippen MR) is 89.1 cm³/mol. The van der Waals surface area contributed by atoms with Gasteiger partial charge in [0.1, 0.15) is 11.9 Å². The van der Waals surface area contributed by atoms with E-state index in [0.717, 1.165) is 38.2 Å². The van der Waals surface area contributed by atoms with Gasteiger partial charge in [0.2, 0.25) is 0 Å². The summed E-state index contributed by atoms with van der Waals surface area (Å²) in [6, 6.07) is 10.1. The molecule has 0 saturated carbocycles. The number of ether oxygens (including phenoxy) is 1. The lowest BCUT2D eigenvalue weighted by molar-refractivity contribution is 0.0973. The predicted octanol–water partition coefficient (Wildman–Crippen LogP) is 3.19. The molecule has 0 bridgehead atoms. The van der Waals surface area contributed by atoms with Crippen molar-refractivity contribution in [2.75, 3.05) is 18.8 Å². The Morgan fingerprint density at radius 1 is 1.24 bits per heavy atom. The van der Waals surface area contributed by atoms with Gasteiger partial charge in [-0.1, -0.05) is 18.2 Å². The molecule has 3 rings (SSSR count). The molecule has 6 heteroatoms. The molecular weight excluding hydrogens is 306 g/mol. The smallest absolute Gasteiger partial charge is 0.180 e. The van der Waals surface area contributed by atoms with Crippen molar-refractivity contribution < 1.29 is 4.74 Å². The number of nitrogen functional groups attached to an aromatic ring is 1. The number of halogens is 1.